The summed E-state index contributed by atoms with van der Waals surface area (Å²) in [5.74, 6) is 0.948. The first-order valence-corrected chi connectivity index (χ1v) is 5.93. The van der Waals surface area contributed by atoms with Crippen molar-refractivity contribution in [2.45, 2.75) is 12.1 Å². The van der Waals surface area contributed by atoms with Crippen LogP contribution in [0.5, 0.6) is 0 Å². The van der Waals surface area contributed by atoms with Crippen LogP contribution in [0.2, 0.25) is 0 Å². The maximum Gasteiger partial charge on any atom is 0.273 e. The van der Waals surface area contributed by atoms with Crippen molar-refractivity contribution in [3.05, 3.63) is 24.2 Å². The molecule has 0 bridgehead atoms. The molecule has 2 N–H and O–H groups in total. The number of hydrogen-bond donors (Lipinski definition) is 2. The van der Waals surface area contributed by atoms with Crippen molar-refractivity contribution in [2.75, 3.05) is 12.3 Å². The van der Waals surface area contributed by atoms with E-state index in [9.17, 15) is 4.79 Å². The van der Waals surface area contributed by atoms with Crippen LogP contribution in [-0.4, -0.2) is 38.4 Å². The van der Waals surface area contributed by atoms with Gasteiger partial charge < -0.3 is 9.73 Å². The lowest BCUT2D eigenvalue weighted by molar-refractivity contribution is 0.0951. The zero-order valence-corrected chi connectivity index (χ0v) is 9.95. The van der Waals surface area contributed by atoms with Crippen molar-refractivity contribution in [3.8, 4) is 0 Å². The molecule has 2 aromatic rings. The number of carbonyl (C=O) groups excluding carboxylic acids is 1. The largest absolute Gasteiger partial charge is 0.448 e. The molecule has 0 radical (unpaired) electrons. The molecule has 0 aliphatic carbocycles. The SMILES string of the molecule is Cc1nc(C(=O)NCCSc2ncn[nH]2)co1. The molecule has 7 nitrogen and oxygen atoms in total. The van der Waals surface area contributed by atoms with Crippen LogP contribution in [0.3, 0.4) is 0 Å². The third kappa shape index (κ3) is 3.31. The van der Waals surface area contributed by atoms with Gasteiger partial charge in [0.25, 0.3) is 5.91 Å². The third-order valence-electron chi connectivity index (χ3n) is 1.87. The van der Waals surface area contributed by atoms with Crippen LogP contribution in [0, 0.1) is 6.92 Å². The summed E-state index contributed by atoms with van der Waals surface area (Å²) < 4.78 is 4.95. The summed E-state index contributed by atoms with van der Waals surface area (Å²) in [4.78, 5) is 19.4. The average Bonchev–Trinajstić information content (AvgIpc) is 2.95. The number of aromatic amines is 1. The molecule has 17 heavy (non-hydrogen) atoms. The van der Waals surface area contributed by atoms with E-state index in [1.165, 1.54) is 24.4 Å². The topological polar surface area (TPSA) is 96.7 Å². The molecule has 2 aromatic heterocycles. The Kier molecular flexibility index (Phi) is 3.76. The van der Waals surface area contributed by atoms with Crippen LogP contribution in [0.4, 0.5) is 0 Å². The van der Waals surface area contributed by atoms with Crippen LogP contribution in [0.25, 0.3) is 0 Å². The molecule has 2 heterocycles. The van der Waals surface area contributed by atoms with Crippen LogP contribution in [-0.2, 0) is 0 Å². The molecular weight excluding hydrogens is 242 g/mol. The molecule has 0 spiro atoms. The minimum atomic E-state index is -0.236. The zero-order valence-electron chi connectivity index (χ0n) is 9.14. The molecule has 0 saturated heterocycles. The van der Waals surface area contributed by atoms with Crippen molar-refractivity contribution >= 4 is 17.7 Å². The molecule has 0 atom stereocenters. The zero-order chi connectivity index (χ0) is 12.1. The molecule has 0 aromatic carbocycles. The Balaban J connectivity index is 1.70. The van der Waals surface area contributed by atoms with Crippen LogP contribution in [0.15, 0.2) is 22.2 Å². The average molecular weight is 253 g/mol. The number of aromatic nitrogens is 4. The lowest BCUT2D eigenvalue weighted by Gasteiger charge is -2.00. The maximum absolute atomic E-state index is 11.5. The maximum atomic E-state index is 11.5. The van der Waals surface area contributed by atoms with Crippen molar-refractivity contribution in [3.63, 3.8) is 0 Å². The summed E-state index contributed by atoms with van der Waals surface area (Å²) in [6.45, 7) is 2.21. The van der Waals surface area contributed by atoms with Crippen molar-refractivity contribution in [2.24, 2.45) is 0 Å². The summed E-state index contributed by atoms with van der Waals surface area (Å²) in [5, 5.41) is 9.91. The second-order valence-corrected chi connectivity index (χ2v) is 4.23. The van der Waals surface area contributed by atoms with E-state index >= 15 is 0 Å². The first-order valence-electron chi connectivity index (χ1n) is 4.94. The van der Waals surface area contributed by atoms with Crippen molar-refractivity contribution < 1.29 is 9.21 Å². The molecule has 0 aliphatic heterocycles. The van der Waals surface area contributed by atoms with Gasteiger partial charge in [0.1, 0.15) is 12.6 Å². The van der Waals surface area contributed by atoms with Crippen LogP contribution >= 0.6 is 11.8 Å². The van der Waals surface area contributed by atoms with Gasteiger partial charge in [0, 0.05) is 19.2 Å². The van der Waals surface area contributed by atoms with E-state index in [-0.39, 0.29) is 5.91 Å². The van der Waals surface area contributed by atoms with Gasteiger partial charge in [-0.15, -0.1) is 0 Å². The highest BCUT2D eigenvalue weighted by Crippen LogP contribution is 2.08. The molecule has 0 saturated carbocycles. The number of nitrogens with one attached hydrogen (secondary N) is 2. The van der Waals surface area contributed by atoms with Gasteiger partial charge >= 0.3 is 0 Å². The Morgan fingerprint density at radius 2 is 2.53 bits per heavy atom. The van der Waals surface area contributed by atoms with E-state index in [1.54, 1.807) is 6.92 Å². The monoisotopic (exact) mass is 253 g/mol. The van der Waals surface area contributed by atoms with Gasteiger partial charge in [0.15, 0.2) is 16.7 Å². The minimum absolute atomic E-state index is 0.236. The number of hydrogen-bond acceptors (Lipinski definition) is 6. The van der Waals surface area contributed by atoms with Crippen molar-refractivity contribution in [1.82, 2.24) is 25.5 Å². The summed E-state index contributed by atoms with van der Waals surface area (Å²) in [7, 11) is 0. The number of H-pyrrole nitrogens is 1. The molecule has 2 rings (SSSR count). The summed E-state index contributed by atoms with van der Waals surface area (Å²) in [5.41, 5.74) is 0.298. The Labute approximate surface area is 101 Å². The Morgan fingerprint density at radius 1 is 1.65 bits per heavy atom. The van der Waals surface area contributed by atoms with Crippen LogP contribution in [0.1, 0.15) is 16.4 Å². The molecular formula is C9H11N5O2S. The fourth-order valence-electron chi connectivity index (χ4n) is 1.13. The fraction of sp³-hybridized carbons (Fsp3) is 0.333. The lowest BCUT2D eigenvalue weighted by Crippen LogP contribution is -2.26. The molecule has 0 aliphatic rings. The number of rotatable bonds is 5. The van der Waals surface area contributed by atoms with E-state index in [4.69, 9.17) is 4.42 Å². The molecule has 0 unspecified atom stereocenters. The highest BCUT2D eigenvalue weighted by molar-refractivity contribution is 7.99. The summed E-state index contributed by atoms with van der Waals surface area (Å²) >= 11 is 1.48. The van der Waals surface area contributed by atoms with E-state index in [2.05, 4.69) is 25.5 Å². The molecule has 8 heteroatoms. The Bertz CT molecular complexity index is 481. The number of aryl methyl sites for hydroxylation is 1. The van der Waals surface area contributed by atoms with E-state index in [0.29, 0.717) is 23.9 Å². The highest BCUT2D eigenvalue weighted by Gasteiger charge is 2.09. The first-order chi connectivity index (χ1) is 8.25. The van der Waals surface area contributed by atoms with E-state index in [0.717, 1.165) is 5.16 Å². The van der Waals surface area contributed by atoms with Gasteiger partial charge in [-0.25, -0.2) is 9.97 Å². The lowest BCUT2D eigenvalue weighted by atomic mass is 10.4. The second-order valence-electron chi connectivity index (χ2n) is 3.15. The Morgan fingerprint density at radius 3 is 3.18 bits per heavy atom. The van der Waals surface area contributed by atoms with Gasteiger partial charge in [0.2, 0.25) is 0 Å². The highest BCUT2D eigenvalue weighted by atomic mass is 32.2. The smallest absolute Gasteiger partial charge is 0.273 e. The van der Waals surface area contributed by atoms with Gasteiger partial charge in [-0.1, -0.05) is 11.8 Å². The van der Waals surface area contributed by atoms with Gasteiger partial charge in [-0.3, -0.25) is 9.89 Å². The first kappa shape index (κ1) is 11.6. The number of amides is 1. The fourth-order valence-corrected chi connectivity index (χ4v) is 1.77. The van der Waals surface area contributed by atoms with Crippen LogP contribution < -0.4 is 5.32 Å². The molecule has 1 amide bonds. The number of nitrogens with zero attached hydrogens (tertiary/aromatic N) is 3. The van der Waals surface area contributed by atoms with Gasteiger partial charge in [-0.05, 0) is 0 Å². The standard InChI is InChI=1S/C9H11N5O2S/c1-6-13-7(4-16-6)8(15)10-2-3-17-9-11-5-12-14-9/h4-5H,2-3H2,1H3,(H,10,15)(H,11,12,14). The number of thioether (sulfide) groups is 1. The van der Waals surface area contributed by atoms with E-state index in [1.807, 2.05) is 0 Å². The summed E-state index contributed by atoms with van der Waals surface area (Å²) in [6, 6.07) is 0. The molecule has 0 fully saturated rings. The molecule has 90 valence electrons. The minimum Gasteiger partial charge on any atom is -0.448 e. The quantitative estimate of drug-likeness (QED) is 0.599. The Hall–Kier alpha value is -1.83. The van der Waals surface area contributed by atoms with Gasteiger partial charge in [-0.2, -0.15) is 5.10 Å². The predicted molar refractivity (Wildman–Crippen MR) is 60.7 cm³/mol. The third-order valence-corrected chi connectivity index (χ3v) is 2.75. The summed E-state index contributed by atoms with van der Waals surface area (Å²) in [6.07, 6.45) is 2.79. The van der Waals surface area contributed by atoms with Gasteiger partial charge in [0.05, 0.1) is 0 Å². The second kappa shape index (κ2) is 5.48. The van der Waals surface area contributed by atoms with E-state index < -0.39 is 0 Å². The number of oxazole rings is 1. The van der Waals surface area contributed by atoms with Crippen molar-refractivity contribution in [1.29, 1.82) is 0 Å². The normalized spacial score (nSPS) is 10.4. The number of carbonyl (C=O) groups is 1. The predicted octanol–water partition coefficient (Wildman–Crippen LogP) is 0.623.